The normalized spacial score (nSPS) is 15.0. The number of nitrogens with zero attached hydrogens (tertiary/aromatic N) is 1. The van der Waals surface area contributed by atoms with E-state index in [-0.39, 0.29) is 6.10 Å². The maximum absolute atomic E-state index is 10.2. The van der Waals surface area contributed by atoms with E-state index in [2.05, 4.69) is 24.9 Å². The second-order valence-electron chi connectivity index (χ2n) is 4.72. The van der Waals surface area contributed by atoms with Crippen LogP contribution >= 0.6 is 11.3 Å². The highest BCUT2D eigenvalue weighted by Gasteiger charge is 2.13. The highest BCUT2D eigenvalue weighted by molar-refractivity contribution is 7.17. The molecule has 0 fully saturated rings. The van der Waals surface area contributed by atoms with Gasteiger partial charge in [0.25, 0.3) is 0 Å². The second-order valence-corrected chi connectivity index (χ2v) is 5.67. The van der Waals surface area contributed by atoms with Crippen LogP contribution in [0.2, 0.25) is 0 Å². The molecule has 0 saturated carbocycles. The van der Waals surface area contributed by atoms with Gasteiger partial charge in [0.2, 0.25) is 0 Å². The number of hydrogen-bond acceptors (Lipinski definition) is 3. The van der Waals surface area contributed by atoms with Crippen LogP contribution < -0.4 is 0 Å². The summed E-state index contributed by atoms with van der Waals surface area (Å²) in [4.78, 5) is 4.37. The first-order valence-corrected chi connectivity index (χ1v) is 7.10. The van der Waals surface area contributed by atoms with Gasteiger partial charge >= 0.3 is 0 Å². The fourth-order valence-electron chi connectivity index (χ4n) is 2.17. The number of aliphatic hydroxyl groups excluding tert-OH is 1. The van der Waals surface area contributed by atoms with Gasteiger partial charge in [-0.25, -0.2) is 0 Å². The van der Waals surface area contributed by atoms with Crippen LogP contribution in [0.3, 0.4) is 0 Å². The van der Waals surface area contributed by atoms with Gasteiger partial charge < -0.3 is 5.11 Å². The summed E-state index contributed by atoms with van der Waals surface area (Å²) in [5, 5.41) is 12.2. The number of fused-ring (bicyclic) bond motifs is 1. The van der Waals surface area contributed by atoms with E-state index in [0.717, 1.165) is 22.2 Å². The molecule has 0 aromatic carbocycles. The smallest absolute Gasteiger partial charge is 0.0809 e. The number of hydrogen-bond donors (Lipinski definition) is 1. The lowest BCUT2D eigenvalue weighted by atomic mass is 9.96. The molecule has 17 heavy (non-hydrogen) atoms. The molecule has 0 aliphatic rings. The van der Waals surface area contributed by atoms with Gasteiger partial charge in [0, 0.05) is 11.8 Å². The SMILES string of the molecule is CCCC(C)CC(O)c1cnc2ccsc2c1. The molecule has 2 nitrogen and oxygen atoms in total. The van der Waals surface area contributed by atoms with Crippen molar-refractivity contribution in [2.24, 2.45) is 5.92 Å². The van der Waals surface area contributed by atoms with Gasteiger partial charge in [-0.3, -0.25) is 4.98 Å². The maximum Gasteiger partial charge on any atom is 0.0809 e. The van der Waals surface area contributed by atoms with Crippen LogP contribution in [0.5, 0.6) is 0 Å². The van der Waals surface area contributed by atoms with Crippen molar-refractivity contribution in [1.29, 1.82) is 0 Å². The molecule has 2 atom stereocenters. The third kappa shape index (κ3) is 3.05. The highest BCUT2D eigenvalue weighted by Crippen LogP contribution is 2.27. The summed E-state index contributed by atoms with van der Waals surface area (Å²) in [6.45, 7) is 4.38. The summed E-state index contributed by atoms with van der Waals surface area (Å²) < 4.78 is 1.16. The van der Waals surface area contributed by atoms with Crippen LogP contribution in [0, 0.1) is 5.92 Å². The molecule has 0 spiro atoms. The average Bonchev–Trinajstić information content (AvgIpc) is 2.75. The van der Waals surface area contributed by atoms with E-state index in [1.54, 1.807) is 17.5 Å². The largest absolute Gasteiger partial charge is 0.388 e. The van der Waals surface area contributed by atoms with Gasteiger partial charge in [-0.2, -0.15) is 0 Å². The lowest BCUT2D eigenvalue weighted by Gasteiger charge is -2.15. The molecule has 2 rings (SSSR count). The van der Waals surface area contributed by atoms with E-state index in [1.165, 1.54) is 12.8 Å². The Labute approximate surface area is 106 Å². The first-order valence-electron chi connectivity index (χ1n) is 6.22. The fourth-order valence-corrected chi connectivity index (χ4v) is 2.96. The number of thiophene rings is 1. The minimum absolute atomic E-state index is 0.379. The number of rotatable bonds is 5. The Bertz CT molecular complexity index is 480. The van der Waals surface area contributed by atoms with E-state index in [9.17, 15) is 5.11 Å². The molecular formula is C14H19NOS. The third-order valence-corrected chi connectivity index (χ3v) is 3.97. The Balaban J connectivity index is 2.09. The van der Waals surface area contributed by atoms with E-state index < -0.39 is 0 Å². The van der Waals surface area contributed by atoms with Gasteiger partial charge in [0.05, 0.1) is 16.3 Å². The molecule has 0 aliphatic carbocycles. The molecule has 0 radical (unpaired) electrons. The molecule has 92 valence electrons. The molecule has 2 aromatic heterocycles. The van der Waals surface area contributed by atoms with Crippen LogP contribution in [-0.2, 0) is 0 Å². The summed E-state index contributed by atoms with van der Waals surface area (Å²) in [6.07, 6.45) is 4.60. The lowest BCUT2D eigenvalue weighted by Crippen LogP contribution is -2.04. The van der Waals surface area contributed by atoms with Gasteiger partial charge in [0.15, 0.2) is 0 Å². The van der Waals surface area contributed by atoms with E-state index in [1.807, 2.05) is 11.4 Å². The van der Waals surface area contributed by atoms with Crippen molar-refractivity contribution < 1.29 is 5.11 Å². The molecule has 1 N–H and O–H groups in total. The first-order chi connectivity index (χ1) is 8.20. The van der Waals surface area contributed by atoms with Crippen molar-refractivity contribution in [3.8, 4) is 0 Å². The minimum Gasteiger partial charge on any atom is -0.388 e. The number of aliphatic hydroxyl groups is 1. The summed E-state index contributed by atoms with van der Waals surface area (Å²) in [6, 6.07) is 4.08. The molecular weight excluding hydrogens is 230 g/mol. The van der Waals surface area contributed by atoms with Crippen molar-refractivity contribution in [2.45, 2.75) is 39.2 Å². The van der Waals surface area contributed by atoms with Crippen molar-refractivity contribution in [2.75, 3.05) is 0 Å². The molecule has 0 saturated heterocycles. The Morgan fingerprint density at radius 2 is 2.29 bits per heavy atom. The van der Waals surface area contributed by atoms with Gasteiger partial charge in [0.1, 0.15) is 0 Å². The van der Waals surface area contributed by atoms with Crippen molar-refractivity contribution in [1.82, 2.24) is 4.98 Å². The summed E-state index contributed by atoms with van der Waals surface area (Å²) in [5.74, 6) is 0.564. The van der Waals surface area contributed by atoms with Crippen molar-refractivity contribution in [3.63, 3.8) is 0 Å². The molecule has 2 unspecified atom stereocenters. The zero-order valence-electron chi connectivity index (χ0n) is 10.4. The summed E-state index contributed by atoms with van der Waals surface area (Å²) in [5.41, 5.74) is 1.97. The van der Waals surface area contributed by atoms with Crippen molar-refractivity contribution in [3.05, 3.63) is 29.3 Å². The minimum atomic E-state index is -0.379. The van der Waals surface area contributed by atoms with Gasteiger partial charge in [-0.1, -0.05) is 26.7 Å². The second kappa shape index (κ2) is 5.61. The molecule has 3 heteroatoms. The zero-order chi connectivity index (χ0) is 12.3. The van der Waals surface area contributed by atoms with E-state index >= 15 is 0 Å². The molecule has 2 aromatic rings. The van der Waals surface area contributed by atoms with E-state index in [0.29, 0.717) is 5.92 Å². The van der Waals surface area contributed by atoms with Crippen LogP contribution in [0.1, 0.15) is 44.8 Å². The van der Waals surface area contributed by atoms with Crippen LogP contribution in [0.4, 0.5) is 0 Å². The van der Waals surface area contributed by atoms with Crippen LogP contribution in [0.25, 0.3) is 10.2 Å². The fraction of sp³-hybridized carbons (Fsp3) is 0.500. The van der Waals surface area contributed by atoms with Crippen LogP contribution in [-0.4, -0.2) is 10.1 Å². The predicted octanol–water partition coefficient (Wildman–Crippen LogP) is 4.16. The monoisotopic (exact) mass is 249 g/mol. The van der Waals surface area contributed by atoms with Crippen LogP contribution in [0.15, 0.2) is 23.7 Å². The van der Waals surface area contributed by atoms with Gasteiger partial charge in [-0.15, -0.1) is 11.3 Å². The Kier molecular flexibility index (Phi) is 4.13. The molecule has 2 heterocycles. The topological polar surface area (TPSA) is 33.1 Å². The summed E-state index contributed by atoms with van der Waals surface area (Å²) in [7, 11) is 0. The Morgan fingerprint density at radius 3 is 3.06 bits per heavy atom. The Hall–Kier alpha value is -0.930. The van der Waals surface area contributed by atoms with Gasteiger partial charge in [-0.05, 0) is 29.9 Å². The van der Waals surface area contributed by atoms with Crippen molar-refractivity contribution >= 4 is 21.6 Å². The predicted molar refractivity (Wildman–Crippen MR) is 73.3 cm³/mol. The Morgan fingerprint density at radius 1 is 1.47 bits per heavy atom. The molecule has 0 amide bonds. The summed E-state index contributed by atoms with van der Waals surface area (Å²) >= 11 is 1.67. The standard InChI is InChI=1S/C14H19NOS/c1-3-4-10(2)7-13(16)11-8-14-12(15-9-11)5-6-17-14/h5-6,8-10,13,16H,3-4,7H2,1-2H3. The van der Waals surface area contributed by atoms with E-state index in [4.69, 9.17) is 0 Å². The highest BCUT2D eigenvalue weighted by atomic mass is 32.1. The zero-order valence-corrected chi connectivity index (χ0v) is 11.2. The molecule has 0 bridgehead atoms. The third-order valence-electron chi connectivity index (χ3n) is 3.12. The number of pyridine rings is 1. The first kappa shape index (κ1) is 12.5. The number of aromatic nitrogens is 1. The maximum atomic E-state index is 10.2. The lowest BCUT2D eigenvalue weighted by molar-refractivity contribution is 0.145. The quantitative estimate of drug-likeness (QED) is 0.863. The average molecular weight is 249 g/mol. The molecule has 0 aliphatic heterocycles.